The van der Waals surface area contributed by atoms with E-state index in [0.717, 1.165) is 43.1 Å². The Morgan fingerprint density at radius 3 is 2.50 bits per heavy atom. The molecule has 2 aromatic heterocycles. The van der Waals surface area contributed by atoms with Gasteiger partial charge in [0.05, 0.1) is 24.0 Å². The molecule has 0 saturated carbocycles. The summed E-state index contributed by atoms with van der Waals surface area (Å²) in [5.74, 6) is 0.793. The fraction of sp³-hybridized carbons (Fsp3) is 0.500. The summed E-state index contributed by atoms with van der Waals surface area (Å²) < 4.78 is 1.26. The fourth-order valence-electron chi connectivity index (χ4n) is 3.52. The van der Waals surface area contributed by atoms with E-state index in [-0.39, 0.29) is 10.6 Å². The number of piperazine rings is 1. The molecule has 2 aromatic rings. The number of nitrogens with zero attached hydrogens (tertiary/aromatic N) is 6. The van der Waals surface area contributed by atoms with E-state index in [4.69, 9.17) is 11.6 Å². The molecule has 3 aliphatic rings. The maximum atomic E-state index is 12.0. The van der Waals surface area contributed by atoms with Crippen molar-refractivity contribution in [1.82, 2.24) is 19.7 Å². The Bertz CT molecular complexity index is 808. The summed E-state index contributed by atoms with van der Waals surface area (Å²) in [5.41, 5.74) is 1.60. The number of aryl methyl sites for hydroxylation is 2. The second kappa shape index (κ2) is 5.73. The molecular weight excluding hydrogens is 328 g/mol. The minimum absolute atomic E-state index is 0.240. The first-order valence-electron chi connectivity index (χ1n) is 8.14. The zero-order valence-corrected chi connectivity index (χ0v) is 14.4. The zero-order chi connectivity index (χ0) is 16.8. The second-order valence-corrected chi connectivity index (χ2v) is 6.75. The molecule has 5 heterocycles. The van der Waals surface area contributed by atoms with E-state index in [1.807, 2.05) is 12.4 Å². The summed E-state index contributed by atoms with van der Waals surface area (Å²) in [6.45, 7) is 3.68. The molecule has 0 aromatic carbocycles. The molecule has 3 aliphatic heterocycles. The number of aromatic nitrogens is 4. The SMILES string of the molecule is CCc1cnc(N2C3CC2CN(c2cnn(C)c(=O)c2Cl)C3)nc1. The largest absolute Gasteiger partial charge is 0.365 e. The number of hydrogen-bond acceptors (Lipinski definition) is 6. The van der Waals surface area contributed by atoms with Crippen LogP contribution in [0.4, 0.5) is 11.6 Å². The lowest BCUT2D eigenvalue weighted by atomic mass is 9.87. The van der Waals surface area contributed by atoms with Crippen LogP contribution in [0.25, 0.3) is 0 Å². The van der Waals surface area contributed by atoms with Crippen molar-refractivity contribution in [2.75, 3.05) is 22.9 Å². The highest BCUT2D eigenvalue weighted by Crippen LogP contribution is 2.37. The van der Waals surface area contributed by atoms with Crippen LogP contribution in [0.15, 0.2) is 23.4 Å². The lowest BCUT2D eigenvalue weighted by molar-refractivity contribution is 0.286. The van der Waals surface area contributed by atoms with Crippen LogP contribution >= 0.6 is 11.6 Å². The Morgan fingerprint density at radius 1 is 1.21 bits per heavy atom. The number of anilines is 2. The minimum Gasteiger partial charge on any atom is -0.365 e. The van der Waals surface area contributed by atoms with Gasteiger partial charge in [-0.3, -0.25) is 4.79 Å². The molecular formula is C16H19ClN6O. The first-order valence-corrected chi connectivity index (χ1v) is 8.52. The van der Waals surface area contributed by atoms with E-state index in [9.17, 15) is 4.79 Å². The summed E-state index contributed by atoms with van der Waals surface area (Å²) in [6.07, 6.45) is 7.53. The van der Waals surface area contributed by atoms with E-state index in [2.05, 4.69) is 31.8 Å². The lowest BCUT2D eigenvalue weighted by Crippen LogP contribution is -2.69. The summed E-state index contributed by atoms with van der Waals surface area (Å²) in [4.78, 5) is 25.4. The highest BCUT2D eigenvalue weighted by Gasteiger charge is 2.46. The Balaban J connectivity index is 1.54. The van der Waals surface area contributed by atoms with Gasteiger partial charge < -0.3 is 9.80 Å². The standard InChI is InChI=1S/C16H19ClN6O/c1-3-10-5-18-16(19-6-10)23-11-4-12(23)9-22(8-11)13-7-20-21(2)15(24)14(13)17/h5-7,11-12H,3-4,8-9H2,1-2H3. The average molecular weight is 347 g/mol. The van der Waals surface area contributed by atoms with Crippen molar-refractivity contribution >= 4 is 23.2 Å². The van der Waals surface area contributed by atoms with E-state index in [1.54, 1.807) is 13.2 Å². The highest BCUT2D eigenvalue weighted by molar-refractivity contribution is 6.33. The van der Waals surface area contributed by atoms with Crippen LogP contribution in [0.3, 0.4) is 0 Å². The molecule has 0 aliphatic carbocycles. The van der Waals surface area contributed by atoms with Gasteiger partial charge >= 0.3 is 0 Å². The van der Waals surface area contributed by atoms with Crippen LogP contribution in [0.5, 0.6) is 0 Å². The van der Waals surface area contributed by atoms with Crippen molar-refractivity contribution in [2.45, 2.75) is 31.8 Å². The zero-order valence-electron chi connectivity index (χ0n) is 13.7. The third-order valence-electron chi connectivity index (χ3n) is 4.92. The molecule has 0 N–H and O–H groups in total. The van der Waals surface area contributed by atoms with E-state index in [0.29, 0.717) is 12.1 Å². The summed E-state index contributed by atoms with van der Waals surface area (Å²) in [6, 6.07) is 0.688. The molecule has 24 heavy (non-hydrogen) atoms. The third-order valence-corrected chi connectivity index (χ3v) is 5.28. The van der Waals surface area contributed by atoms with Gasteiger partial charge in [-0.2, -0.15) is 5.10 Å². The molecule has 2 bridgehead atoms. The van der Waals surface area contributed by atoms with Gasteiger partial charge in [0.2, 0.25) is 5.95 Å². The number of hydrogen-bond donors (Lipinski definition) is 0. The van der Waals surface area contributed by atoms with Crippen molar-refractivity contribution in [3.05, 3.63) is 39.5 Å². The third kappa shape index (κ3) is 2.34. The maximum Gasteiger partial charge on any atom is 0.287 e. The Kier molecular flexibility index (Phi) is 3.68. The fourth-order valence-corrected chi connectivity index (χ4v) is 3.81. The molecule has 8 heteroatoms. The van der Waals surface area contributed by atoms with Crippen LogP contribution in [0.2, 0.25) is 5.02 Å². The van der Waals surface area contributed by atoms with Crippen molar-refractivity contribution in [1.29, 1.82) is 0 Å². The van der Waals surface area contributed by atoms with Gasteiger partial charge in [-0.1, -0.05) is 18.5 Å². The number of fused-ring (bicyclic) bond motifs is 2. The van der Waals surface area contributed by atoms with Crippen molar-refractivity contribution < 1.29 is 0 Å². The summed E-state index contributed by atoms with van der Waals surface area (Å²) >= 11 is 6.23. The normalized spacial score (nSPS) is 22.5. The predicted molar refractivity (Wildman–Crippen MR) is 92.8 cm³/mol. The molecule has 2 unspecified atom stereocenters. The van der Waals surface area contributed by atoms with E-state index in [1.165, 1.54) is 4.68 Å². The molecule has 0 spiro atoms. The van der Waals surface area contributed by atoms with Crippen LogP contribution < -0.4 is 15.4 Å². The van der Waals surface area contributed by atoms with Gasteiger partial charge in [0.25, 0.3) is 5.56 Å². The lowest BCUT2D eigenvalue weighted by Gasteiger charge is -2.56. The summed E-state index contributed by atoms with van der Waals surface area (Å²) in [5, 5.41) is 4.33. The summed E-state index contributed by atoms with van der Waals surface area (Å²) in [7, 11) is 1.60. The van der Waals surface area contributed by atoms with Crippen LogP contribution in [-0.4, -0.2) is 44.9 Å². The van der Waals surface area contributed by atoms with E-state index >= 15 is 0 Å². The topological polar surface area (TPSA) is 67.2 Å². The molecule has 3 saturated heterocycles. The van der Waals surface area contributed by atoms with Crippen molar-refractivity contribution in [3.8, 4) is 0 Å². The first kappa shape index (κ1) is 15.4. The van der Waals surface area contributed by atoms with Crippen molar-refractivity contribution in [3.63, 3.8) is 0 Å². The van der Waals surface area contributed by atoms with E-state index < -0.39 is 0 Å². The molecule has 5 rings (SSSR count). The van der Waals surface area contributed by atoms with Gasteiger partial charge in [-0.25, -0.2) is 14.6 Å². The molecule has 0 amide bonds. The van der Waals surface area contributed by atoms with Gasteiger partial charge in [0.15, 0.2) is 0 Å². The minimum atomic E-state index is -0.260. The molecule has 126 valence electrons. The quantitative estimate of drug-likeness (QED) is 0.833. The van der Waals surface area contributed by atoms with Gasteiger partial charge in [0, 0.05) is 32.5 Å². The van der Waals surface area contributed by atoms with Crippen LogP contribution in [-0.2, 0) is 13.5 Å². The Morgan fingerprint density at radius 2 is 1.88 bits per heavy atom. The molecule has 7 nitrogen and oxygen atoms in total. The first-order chi connectivity index (χ1) is 11.6. The van der Waals surface area contributed by atoms with Gasteiger partial charge in [-0.05, 0) is 18.4 Å². The highest BCUT2D eigenvalue weighted by atomic mass is 35.5. The number of piperidine rings is 1. The Hall–Kier alpha value is -2.15. The van der Waals surface area contributed by atoms with Crippen LogP contribution in [0, 0.1) is 0 Å². The average Bonchev–Trinajstić information content (AvgIpc) is 2.60. The number of halogens is 1. The molecule has 2 atom stereocenters. The van der Waals surface area contributed by atoms with Crippen molar-refractivity contribution in [2.24, 2.45) is 7.05 Å². The predicted octanol–water partition coefficient (Wildman–Crippen LogP) is 1.25. The van der Waals surface area contributed by atoms with Gasteiger partial charge in [0.1, 0.15) is 5.02 Å². The second-order valence-electron chi connectivity index (χ2n) is 6.37. The Labute approximate surface area is 144 Å². The van der Waals surface area contributed by atoms with Gasteiger partial charge in [-0.15, -0.1) is 0 Å². The maximum absolute atomic E-state index is 12.0. The monoisotopic (exact) mass is 346 g/mol. The molecule has 3 fully saturated rings. The smallest absolute Gasteiger partial charge is 0.287 e. The number of rotatable bonds is 3. The molecule has 0 radical (unpaired) electrons. The van der Waals surface area contributed by atoms with Crippen LogP contribution in [0.1, 0.15) is 18.9 Å².